The second kappa shape index (κ2) is 7.10. The number of nitrogens with one attached hydrogen (secondary N) is 1. The minimum absolute atomic E-state index is 0.0119. The van der Waals surface area contributed by atoms with Crippen molar-refractivity contribution in [3.05, 3.63) is 34.9 Å². The Morgan fingerprint density at radius 3 is 2.57 bits per heavy atom. The predicted molar refractivity (Wildman–Crippen MR) is 91.4 cm³/mol. The number of aliphatic hydroxyl groups excluding tert-OH is 1. The molecule has 3 atom stereocenters. The first kappa shape index (κ1) is 16.6. The van der Waals surface area contributed by atoms with Crippen molar-refractivity contribution < 1.29 is 9.90 Å². The summed E-state index contributed by atoms with van der Waals surface area (Å²) in [5, 5.41) is 13.7. The number of benzene rings is 1. The van der Waals surface area contributed by atoms with Crippen molar-refractivity contribution in [1.82, 2.24) is 10.2 Å². The van der Waals surface area contributed by atoms with Gasteiger partial charge in [0, 0.05) is 24.0 Å². The van der Waals surface area contributed by atoms with Crippen molar-refractivity contribution in [2.75, 3.05) is 13.1 Å². The number of amides is 2. The molecule has 2 N–H and O–H groups in total. The van der Waals surface area contributed by atoms with E-state index in [-0.39, 0.29) is 24.1 Å². The van der Waals surface area contributed by atoms with Gasteiger partial charge >= 0.3 is 6.03 Å². The van der Waals surface area contributed by atoms with Crippen LogP contribution in [0.4, 0.5) is 4.79 Å². The molecule has 2 aliphatic rings. The Morgan fingerprint density at radius 2 is 1.96 bits per heavy atom. The zero-order chi connectivity index (χ0) is 16.4. The minimum atomic E-state index is -0.360. The van der Waals surface area contributed by atoms with Crippen molar-refractivity contribution in [3.8, 4) is 0 Å². The molecule has 126 valence electrons. The van der Waals surface area contributed by atoms with Crippen LogP contribution in [0.2, 0.25) is 5.02 Å². The van der Waals surface area contributed by atoms with Crippen LogP contribution in [0.5, 0.6) is 0 Å². The Hall–Kier alpha value is -1.26. The van der Waals surface area contributed by atoms with Crippen molar-refractivity contribution in [1.29, 1.82) is 0 Å². The Kier molecular flexibility index (Phi) is 5.12. The molecule has 1 saturated carbocycles. The van der Waals surface area contributed by atoms with Gasteiger partial charge in [0.1, 0.15) is 0 Å². The Balaban J connectivity index is 1.65. The molecule has 0 bridgehead atoms. The average Bonchev–Trinajstić information content (AvgIpc) is 3.38. The number of carbonyl (C=O) groups is 1. The summed E-state index contributed by atoms with van der Waals surface area (Å²) in [5.41, 5.74) is 1.12. The highest BCUT2D eigenvalue weighted by atomic mass is 35.5. The number of rotatable bonds is 4. The van der Waals surface area contributed by atoms with E-state index in [0.29, 0.717) is 17.5 Å². The standard InChI is InChI=1S/C18H25ClN2O2/c1-12(22)15-3-2-10-21(11-15)18(23)20-17(13-4-5-13)14-6-8-16(19)9-7-14/h6-9,12-13,15,17,22H,2-5,10-11H2,1H3,(H,20,23). The molecular weight excluding hydrogens is 312 g/mol. The first-order valence-corrected chi connectivity index (χ1v) is 8.91. The molecule has 2 amide bonds. The number of halogens is 1. The number of hydrogen-bond acceptors (Lipinski definition) is 2. The summed E-state index contributed by atoms with van der Waals surface area (Å²) in [6, 6.07) is 7.81. The van der Waals surface area contributed by atoms with Gasteiger partial charge in [-0.1, -0.05) is 23.7 Å². The van der Waals surface area contributed by atoms with Gasteiger partial charge in [0.05, 0.1) is 12.1 Å². The molecule has 1 heterocycles. The molecule has 1 aromatic carbocycles. The predicted octanol–water partition coefficient (Wildman–Crippen LogP) is 3.59. The average molecular weight is 337 g/mol. The lowest BCUT2D eigenvalue weighted by Crippen LogP contribution is -2.48. The van der Waals surface area contributed by atoms with Crippen LogP contribution in [-0.4, -0.2) is 35.2 Å². The number of urea groups is 1. The van der Waals surface area contributed by atoms with Gasteiger partial charge in [0.2, 0.25) is 0 Å². The first-order chi connectivity index (χ1) is 11.0. The van der Waals surface area contributed by atoms with Crippen LogP contribution in [-0.2, 0) is 0 Å². The van der Waals surface area contributed by atoms with Crippen LogP contribution in [0.15, 0.2) is 24.3 Å². The molecule has 0 radical (unpaired) electrons. The number of nitrogens with zero attached hydrogens (tertiary/aromatic N) is 1. The van der Waals surface area contributed by atoms with E-state index in [1.807, 2.05) is 36.1 Å². The largest absolute Gasteiger partial charge is 0.393 e. The third kappa shape index (κ3) is 4.18. The first-order valence-electron chi connectivity index (χ1n) is 8.53. The van der Waals surface area contributed by atoms with Crippen LogP contribution < -0.4 is 5.32 Å². The lowest BCUT2D eigenvalue weighted by atomic mass is 9.93. The van der Waals surface area contributed by atoms with Gasteiger partial charge in [-0.15, -0.1) is 0 Å². The topological polar surface area (TPSA) is 52.6 Å². The quantitative estimate of drug-likeness (QED) is 0.882. The van der Waals surface area contributed by atoms with Crippen LogP contribution >= 0.6 is 11.6 Å². The van der Waals surface area contributed by atoms with E-state index in [1.54, 1.807) is 0 Å². The maximum absolute atomic E-state index is 12.7. The van der Waals surface area contributed by atoms with Crippen LogP contribution in [0, 0.1) is 11.8 Å². The van der Waals surface area contributed by atoms with Crippen molar-refractivity contribution in [2.24, 2.45) is 11.8 Å². The molecule has 5 heteroatoms. The van der Waals surface area contributed by atoms with E-state index in [9.17, 15) is 9.90 Å². The molecule has 0 spiro atoms. The van der Waals surface area contributed by atoms with E-state index in [2.05, 4.69) is 5.32 Å². The zero-order valence-corrected chi connectivity index (χ0v) is 14.3. The fourth-order valence-electron chi connectivity index (χ4n) is 3.39. The summed E-state index contributed by atoms with van der Waals surface area (Å²) in [5.74, 6) is 0.710. The highest BCUT2D eigenvalue weighted by Gasteiger charge is 2.35. The number of likely N-dealkylation sites (tertiary alicyclic amines) is 1. The molecule has 3 unspecified atom stereocenters. The van der Waals surface area contributed by atoms with Crippen LogP contribution in [0.3, 0.4) is 0 Å². The molecule has 1 aliphatic carbocycles. The van der Waals surface area contributed by atoms with Crippen molar-refractivity contribution in [3.63, 3.8) is 0 Å². The molecular formula is C18H25ClN2O2. The van der Waals surface area contributed by atoms with Crippen LogP contribution in [0.25, 0.3) is 0 Å². The number of piperidine rings is 1. The maximum atomic E-state index is 12.7. The SMILES string of the molecule is CC(O)C1CCCN(C(=O)NC(c2ccc(Cl)cc2)C2CC2)C1. The lowest BCUT2D eigenvalue weighted by Gasteiger charge is -2.35. The lowest BCUT2D eigenvalue weighted by molar-refractivity contribution is 0.0731. The third-order valence-corrected chi connectivity index (χ3v) is 5.28. The number of carbonyl (C=O) groups excluding carboxylic acids is 1. The molecule has 1 aliphatic heterocycles. The Morgan fingerprint density at radius 1 is 1.26 bits per heavy atom. The molecule has 1 aromatic rings. The van der Waals surface area contributed by atoms with Crippen molar-refractivity contribution >= 4 is 17.6 Å². The van der Waals surface area contributed by atoms with E-state index in [1.165, 1.54) is 0 Å². The second-order valence-electron chi connectivity index (χ2n) is 6.91. The van der Waals surface area contributed by atoms with Crippen LogP contribution in [0.1, 0.15) is 44.2 Å². The highest BCUT2D eigenvalue weighted by molar-refractivity contribution is 6.30. The summed E-state index contributed by atoms with van der Waals surface area (Å²) < 4.78 is 0. The van der Waals surface area contributed by atoms with Crippen molar-refractivity contribution in [2.45, 2.75) is 44.8 Å². The molecule has 4 nitrogen and oxygen atoms in total. The smallest absolute Gasteiger partial charge is 0.317 e. The Bertz CT molecular complexity index is 542. The zero-order valence-electron chi connectivity index (χ0n) is 13.5. The van der Waals surface area contributed by atoms with Gasteiger partial charge < -0.3 is 15.3 Å². The van der Waals surface area contributed by atoms with Gasteiger partial charge in [-0.25, -0.2) is 4.79 Å². The van der Waals surface area contributed by atoms with E-state index in [0.717, 1.165) is 37.8 Å². The van der Waals surface area contributed by atoms with E-state index in [4.69, 9.17) is 11.6 Å². The highest BCUT2D eigenvalue weighted by Crippen LogP contribution is 2.41. The van der Waals surface area contributed by atoms with Gasteiger partial charge in [-0.05, 0) is 56.2 Å². The minimum Gasteiger partial charge on any atom is -0.393 e. The fraction of sp³-hybridized carbons (Fsp3) is 0.611. The number of aliphatic hydroxyl groups is 1. The molecule has 1 saturated heterocycles. The number of hydrogen-bond donors (Lipinski definition) is 2. The normalized spacial score (nSPS) is 24.1. The monoisotopic (exact) mass is 336 g/mol. The summed E-state index contributed by atoms with van der Waals surface area (Å²) >= 11 is 5.97. The molecule has 23 heavy (non-hydrogen) atoms. The summed E-state index contributed by atoms with van der Waals surface area (Å²) in [4.78, 5) is 14.5. The van der Waals surface area contributed by atoms with E-state index >= 15 is 0 Å². The summed E-state index contributed by atoms with van der Waals surface area (Å²) in [7, 11) is 0. The van der Waals surface area contributed by atoms with Gasteiger partial charge in [0.15, 0.2) is 0 Å². The van der Waals surface area contributed by atoms with Gasteiger partial charge in [0.25, 0.3) is 0 Å². The van der Waals surface area contributed by atoms with Gasteiger partial charge in [-0.3, -0.25) is 0 Å². The molecule has 0 aromatic heterocycles. The third-order valence-electron chi connectivity index (χ3n) is 5.03. The fourth-order valence-corrected chi connectivity index (χ4v) is 3.51. The van der Waals surface area contributed by atoms with E-state index < -0.39 is 0 Å². The molecule has 3 rings (SSSR count). The summed E-state index contributed by atoms with van der Waals surface area (Å²) in [6.45, 7) is 3.22. The maximum Gasteiger partial charge on any atom is 0.317 e. The van der Waals surface area contributed by atoms with Gasteiger partial charge in [-0.2, -0.15) is 0 Å². The molecule has 2 fully saturated rings. The Labute approximate surface area is 142 Å². The summed E-state index contributed by atoms with van der Waals surface area (Å²) in [6.07, 6.45) is 3.90. The second-order valence-corrected chi connectivity index (χ2v) is 7.34.